The molecule has 18 heavy (non-hydrogen) atoms. The minimum atomic E-state index is -0.0943. The second kappa shape index (κ2) is 5.31. The molecule has 102 valence electrons. The van der Waals surface area contributed by atoms with Crippen molar-refractivity contribution in [2.45, 2.75) is 58.0 Å². The number of aryl methyl sites for hydroxylation is 1. The van der Waals surface area contributed by atoms with E-state index in [4.69, 9.17) is 4.74 Å². The number of ether oxygens (including phenoxy) is 1. The summed E-state index contributed by atoms with van der Waals surface area (Å²) in [4.78, 5) is 4.62. The largest absolute Gasteiger partial charge is 0.382 e. The molecular formula is C14H25N3O. The van der Waals surface area contributed by atoms with E-state index in [1.807, 2.05) is 0 Å². The Hall–Kier alpha value is -1.03. The number of hydrogen-bond acceptors (Lipinski definition) is 3. The molecule has 4 heteroatoms. The predicted molar refractivity (Wildman–Crippen MR) is 74.0 cm³/mol. The summed E-state index contributed by atoms with van der Waals surface area (Å²) in [5, 5.41) is 3.51. The molecule has 0 saturated heterocycles. The van der Waals surface area contributed by atoms with Gasteiger partial charge in [-0.1, -0.05) is 12.8 Å². The topological polar surface area (TPSA) is 39.1 Å². The van der Waals surface area contributed by atoms with Gasteiger partial charge in [-0.2, -0.15) is 0 Å². The summed E-state index contributed by atoms with van der Waals surface area (Å²) in [6.45, 7) is 7.00. The molecule has 0 aliphatic heterocycles. The van der Waals surface area contributed by atoms with Crippen molar-refractivity contribution in [2.75, 3.05) is 19.0 Å². The standard InChI is InChI=1S/C14H25N3O/c1-11-9-17(12-7-5-6-8-12)13(15-11)16-14(2,3)10-18-4/h9,12H,5-8,10H2,1-4H3,(H,15,16). The third kappa shape index (κ3) is 3.05. The number of imidazole rings is 1. The monoisotopic (exact) mass is 251 g/mol. The van der Waals surface area contributed by atoms with Crippen molar-refractivity contribution in [2.24, 2.45) is 0 Å². The number of hydrogen-bond donors (Lipinski definition) is 1. The molecule has 0 unspecified atom stereocenters. The zero-order chi connectivity index (χ0) is 13.2. The van der Waals surface area contributed by atoms with Crippen LogP contribution in [0.15, 0.2) is 6.20 Å². The van der Waals surface area contributed by atoms with Gasteiger partial charge >= 0.3 is 0 Å². The van der Waals surface area contributed by atoms with E-state index in [0.29, 0.717) is 12.6 Å². The second-order valence-corrected chi connectivity index (χ2v) is 5.99. The lowest BCUT2D eigenvalue weighted by molar-refractivity contribution is 0.157. The maximum Gasteiger partial charge on any atom is 0.203 e. The molecule has 0 bridgehead atoms. The molecule has 0 radical (unpaired) electrons. The van der Waals surface area contributed by atoms with Crippen LogP contribution in [-0.4, -0.2) is 28.8 Å². The summed E-state index contributed by atoms with van der Waals surface area (Å²) in [6.07, 6.45) is 7.39. The highest BCUT2D eigenvalue weighted by Gasteiger charge is 2.24. The van der Waals surface area contributed by atoms with Crippen molar-refractivity contribution < 1.29 is 4.74 Å². The van der Waals surface area contributed by atoms with Crippen LogP contribution in [0.25, 0.3) is 0 Å². The molecule has 1 heterocycles. The van der Waals surface area contributed by atoms with Crippen molar-refractivity contribution in [3.8, 4) is 0 Å². The van der Waals surface area contributed by atoms with E-state index < -0.39 is 0 Å². The van der Waals surface area contributed by atoms with E-state index >= 15 is 0 Å². The first kappa shape index (κ1) is 13.4. The lowest BCUT2D eigenvalue weighted by Crippen LogP contribution is -2.37. The van der Waals surface area contributed by atoms with E-state index in [-0.39, 0.29) is 5.54 Å². The minimum absolute atomic E-state index is 0.0943. The molecule has 4 nitrogen and oxygen atoms in total. The summed E-state index contributed by atoms with van der Waals surface area (Å²) in [7, 11) is 1.73. The Morgan fingerprint density at radius 2 is 2.11 bits per heavy atom. The number of nitrogens with one attached hydrogen (secondary N) is 1. The normalized spacial score (nSPS) is 17.3. The van der Waals surface area contributed by atoms with Gasteiger partial charge in [0.15, 0.2) is 0 Å². The maximum absolute atomic E-state index is 5.25. The molecular weight excluding hydrogens is 226 g/mol. The highest BCUT2D eigenvalue weighted by atomic mass is 16.5. The van der Waals surface area contributed by atoms with E-state index in [1.54, 1.807) is 7.11 Å². The first-order valence-electron chi connectivity index (χ1n) is 6.84. The van der Waals surface area contributed by atoms with Crippen molar-refractivity contribution in [3.63, 3.8) is 0 Å². The Morgan fingerprint density at radius 1 is 1.44 bits per heavy atom. The smallest absolute Gasteiger partial charge is 0.203 e. The van der Waals surface area contributed by atoms with Gasteiger partial charge in [-0.05, 0) is 33.6 Å². The van der Waals surface area contributed by atoms with Crippen LogP contribution in [0.4, 0.5) is 5.95 Å². The van der Waals surface area contributed by atoms with Gasteiger partial charge in [0.1, 0.15) is 0 Å². The Balaban J connectivity index is 2.16. The highest BCUT2D eigenvalue weighted by molar-refractivity contribution is 5.33. The third-order valence-corrected chi connectivity index (χ3v) is 3.53. The van der Waals surface area contributed by atoms with Gasteiger partial charge in [-0.25, -0.2) is 4.98 Å². The summed E-state index contributed by atoms with van der Waals surface area (Å²) >= 11 is 0. The van der Waals surface area contributed by atoms with Crippen molar-refractivity contribution >= 4 is 5.95 Å². The van der Waals surface area contributed by atoms with Crippen LogP contribution in [-0.2, 0) is 4.74 Å². The Kier molecular flexibility index (Phi) is 3.95. The zero-order valence-corrected chi connectivity index (χ0v) is 12.0. The molecule has 2 rings (SSSR count). The average molecular weight is 251 g/mol. The number of methoxy groups -OCH3 is 1. The molecule has 1 aliphatic carbocycles. The fourth-order valence-corrected chi connectivity index (χ4v) is 2.77. The Morgan fingerprint density at radius 3 is 2.72 bits per heavy atom. The van der Waals surface area contributed by atoms with E-state index in [1.165, 1.54) is 25.7 Å². The summed E-state index contributed by atoms with van der Waals surface area (Å²) in [5.41, 5.74) is 0.987. The van der Waals surface area contributed by atoms with Gasteiger partial charge in [0.2, 0.25) is 5.95 Å². The van der Waals surface area contributed by atoms with Gasteiger partial charge in [0.05, 0.1) is 17.8 Å². The van der Waals surface area contributed by atoms with Gasteiger partial charge < -0.3 is 14.6 Å². The SMILES string of the molecule is COCC(C)(C)Nc1nc(C)cn1C1CCCC1. The summed E-state index contributed by atoms with van der Waals surface area (Å²) in [6, 6.07) is 0.618. The van der Waals surface area contributed by atoms with Gasteiger partial charge in [0.25, 0.3) is 0 Å². The molecule has 0 spiro atoms. The minimum Gasteiger partial charge on any atom is -0.382 e. The van der Waals surface area contributed by atoms with Crippen LogP contribution >= 0.6 is 0 Å². The highest BCUT2D eigenvalue weighted by Crippen LogP contribution is 2.32. The van der Waals surface area contributed by atoms with Crippen molar-refractivity contribution in [1.82, 2.24) is 9.55 Å². The molecule has 0 atom stereocenters. The zero-order valence-electron chi connectivity index (χ0n) is 12.0. The summed E-state index contributed by atoms with van der Waals surface area (Å²) < 4.78 is 7.57. The van der Waals surface area contributed by atoms with E-state index in [9.17, 15) is 0 Å². The van der Waals surface area contributed by atoms with Gasteiger partial charge in [-0.3, -0.25) is 0 Å². The quantitative estimate of drug-likeness (QED) is 0.873. The fourth-order valence-electron chi connectivity index (χ4n) is 2.77. The second-order valence-electron chi connectivity index (χ2n) is 5.99. The lowest BCUT2D eigenvalue weighted by atomic mass is 10.1. The molecule has 1 fully saturated rings. The van der Waals surface area contributed by atoms with Gasteiger partial charge in [-0.15, -0.1) is 0 Å². The lowest BCUT2D eigenvalue weighted by Gasteiger charge is -2.27. The van der Waals surface area contributed by atoms with Crippen LogP contribution in [0.3, 0.4) is 0 Å². The van der Waals surface area contributed by atoms with E-state index in [0.717, 1.165) is 11.6 Å². The van der Waals surface area contributed by atoms with Crippen LogP contribution in [0, 0.1) is 6.92 Å². The molecule has 1 aliphatic rings. The van der Waals surface area contributed by atoms with Crippen LogP contribution < -0.4 is 5.32 Å². The molecule has 1 N–H and O–H groups in total. The first-order valence-corrected chi connectivity index (χ1v) is 6.84. The number of nitrogens with zero attached hydrogens (tertiary/aromatic N) is 2. The molecule has 1 aromatic rings. The number of aromatic nitrogens is 2. The first-order chi connectivity index (χ1) is 8.52. The van der Waals surface area contributed by atoms with Crippen LogP contribution in [0.1, 0.15) is 51.3 Å². The molecule has 1 saturated carbocycles. The molecule has 0 aromatic carbocycles. The average Bonchev–Trinajstić information content (AvgIpc) is 2.86. The molecule has 0 amide bonds. The van der Waals surface area contributed by atoms with Crippen molar-refractivity contribution in [3.05, 3.63) is 11.9 Å². The Labute approximate surface area is 110 Å². The number of anilines is 1. The Bertz CT molecular complexity index is 392. The van der Waals surface area contributed by atoms with E-state index in [2.05, 4.69) is 41.8 Å². The third-order valence-electron chi connectivity index (χ3n) is 3.53. The molecule has 1 aromatic heterocycles. The van der Waals surface area contributed by atoms with Gasteiger partial charge in [0, 0.05) is 19.3 Å². The number of rotatable bonds is 5. The van der Waals surface area contributed by atoms with Crippen molar-refractivity contribution in [1.29, 1.82) is 0 Å². The fraction of sp³-hybridized carbons (Fsp3) is 0.786. The van der Waals surface area contributed by atoms with Crippen LogP contribution in [0.2, 0.25) is 0 Å². The summed E-state index contributed by atoms with van der Waals surface area (Å²) in [5.74, 6) is 0.987. The maximum atomic E-state index is 5.25. The predicted octanol–water partition coefficient (Wildman–Crippen LogP) is 3.14. The van der Waals surface area contributed by atoms with Crippen LogP contribution in [0.5, 0.6) is 0 Å².